The fourth-order valence-electron chi connectivity index (χ4n) is 4.36. The number of nitrogens with zero attached hydrogens (tertiary/aromatic N) is 3. The lowest BCUT2D eigenvalue weighted by Crippen LogP contribution is -2.45. The fraction of sp³-hybridized carbons (Fsp3) is 0.259. The Kier molecular flexibility index (Phi) is 6.18. The third-order valence-corrected chi connectivity index (χ3v) is 5.95. The number of benzene rings is 2. The van der Waals surface area contributed by atoms with Gasteiger partial charge in [-0.2, -0.15) is 5.10 Å². The summed E-state index contributed by atoms with van der Waals surface area (Å²) in [5.74, 6) is -0.718. The molecule has 1 aliphatic rings. The molecule has 2 aromatic carbocycles. The Morgan fingerprint density at radius 3 is 2.52 bits per heavy atom. The molecular weight excluding hydrogens is 415 g/mol. The highest BCUT2D eigenvalue weighted by Gasteiger charge is 2.31. The lowest BCUT2D eigenvalue weighted by Gasteiger charge is -2.43. The van der Waals surface area contributed by atoms with Crippen molar-refractivity contribution in [3.05, 3.63) is 89.5 Å². The van der Waals surface area contributed by atoms with Gasteiger partial charge in [-0.15, -0.1) is 0 Å². The maximum Gasteiger partial charge on any atom is 0.271 e. The molecular formula is C27H29FN4O. The summed E-state index contributed by atoms with van der Waals surface area (Å²) in [6.07, 6.45) is 8.42. The number of hydrogen-bond acceptors (Lipinski definition) is 3. The van der Waals surface area contributed by atoms with Gasteiger partial charge in [0.2, 0.25) is 0 Å². The lowest BCUT2D eigenvalue weighted by molar-refractivity contribution is 0.0955. The molecule has 3 aromatic rings. The number of anilines is 1. The first-order valence-corrected chi connectivity index (χ1v) is 11.2. The van der Waals surface area contributed by atoms with E-state index in [1.807, 2.05) is 48.1 Å². The summed E-state index contributed by atoms with van der Waals surface area (Å²) in [4.78, 5) is 14.7. The molecule has 0 spiro atoms. The van der Waals surface area contributed by atoms with E-state index in [2.05, 4.69) is 42.3 Å². The molecule has 6 heteroatoms. The zero-order valence-corrected chi connectivity index (χ0v) is 19.5. The number of hydrogen-bond donors (Lipinski definition) is 1. The Morgan fingerprint density at radius 2 is 1.85 bits per heavy atom. The molecule has 1 aliphatic heterocycles. The van der Waals surface area contributed by atoms with Crippen molar-refractivity contribution in [3.8, 4) is 5.69 Å². The van der Waals surface area contributed by atoms with Crippen molar-refractivity contribution < 1.29 is 9.18 Å². The molecule has 2 heterocycles. The van der Waals surface area contributed by atoms with Crippen molar-refractivity contribution in [2.45, 2.75) is 39.7 Å². The van der Waals surface area contributed by atoms with Crippen LogP contribution in [0.5, 0.6) is 0 Å². The van der Waals surface area contributed by atoms with Crippen LogP contribution in [0.15, 0.2) is 72.1 Å². The van der Waals surface area contributed by atoms with Gasteiger partial charge >= 0.3 is 0 Å². The van der Waals surface area contributed by atoms with Crippen LogP contribution >= 0.6 is 0 Å². The molecule has 1 amide bonds. The summed E-state index contributed by atoms with van der Waals surface area (Å²) < 4.78 is 16.9. The number of aromatic nitrogens is 1. The first-order chi connectivity index (χ1) is 15.8. The second-order valence-corrected chi connectivity index (χ2v) is 8.86. The van der Waals surface area contributed by atoms with Gasteiger partial charge < -0.3 is 9.47 Å². The second-order valence-electron chi connectivity index (χ2n) is 8.86. The maximum absolute atomic E-state index is 14.9. The third kappa shape index (κ3) is 4.60. The summed E-state index contributed by atoms with van der Waals surface area (Å²) in [6.45, 7) is 9.29. The van der Waals surface area contributed by atoms with E-state index < -0.39 is 0 Å². The third-order valence-electron chi connectivity index (χ3n) is 5.95. The van der Waals surface area contributed by atoms with Gasteiger partial charge in [0, 0.05) is 47.0 Å². The number of carbonyl (C=O) groups excluding carboxylic acids is 1. The smallest absolute Gasteiger partial charge is 0.271 e. The predicted molar refractivity (Wildman–Crippen MR) is 133 cm³/mol. The Morgan fingerprint density at radius 1 is 1.15 bits per heavy atom. The van der Waals surface area contributed by atoms with Gasteiger partial charge in [0.25, 0.3) is 5.91 Å². The Balaban J connectivity index is 1.51. The molecule has 33 heavy (non-hydrogen) atoms. The maximum atomic E-state index is 14.9. The number of carbonyl (C=O) groups is 1. The number of rotatable bonds is 6. The highest BCUT2D eigenvalue weighted by atomic mass is 19.1. The molecule has 0 atom stereocenters. The lowest BCUT2D eigenvalue weighted by atomic mass is 9.88. The average molecular weight is 445 g/mol. The summed E-state index contributed by atoms with van der Waals surface area (Å²) in [5.41, 5.74) is 7.06. The molecule has 0 bridgehead atoms. The summed E-state index contributed by atoms with van der Waals surface area (Å²) in [7, 11) is 0. The van der Waals surface area contributed by atoms with Crippen LogP contribution in [0.2, 0.25) is 0 Å². The Hall–Kier alpha value is -3.67. The zero-order chi connectivity index (χ0) is 23.6. The van der Waals surface area contributed by atoms with E-state index in [0.717, 1.165) is 35.5 Å². The average Bonchev–Trinajstić information content (AvgIpc) is 3.32. The van der Waals surface area contributed by atoms with Crippen LogP contribution < -0.4 is 10.3 Å². The minimum Gasteiger partial charge on any atom is -0.362 e. The van der Waals surface area contributed by atoms with Crippen molar-refractivity contribution in [1.82, 2.24) is 9.99 Å². The van der Waals surface area contributed by atoms with Crippen LogP contribution in [-0.2, 0) is 0 Å². The zero-order valence-electron chi connectivity index (χ0n) is 19.5. The summed E-state index contributed by atoms with van der Waals surface area (Å²) in [6, 6.07) is 14.4. The number of allylic oxidation sites excluding steroid dienone is 1. The van der Waals surface area contributed by atoms with Crippen LogP contribution in [-0.4, -0.2) is 28.8 Å². The SMILES string of the molecule is CCCN1c2cc(F)c(/C=N/NC(=O)c3ccc(-n4cccc4)cc3)cc2C(C)=CC1(C)C. The minimum absolute atomic E-state index is 0.181. The topological polar surface area (TPSA) is 49.6 Å². The van der Waals surface area contributed by atoms with E-state index in [1.54, 1.807) is 24.3 Å². The Labute approximate surface area is 194 Å². The highest BCUT2D eigenvalue weighted by Crippen LogP contribution is 2.39. The first kappa shape index (κ1) is 22.5. The van der Waals surface area contributed by atoms with Crippen molar-refractivity contribution in [1.29, 1.82) is 0 Å². The van der Waals surface area contributed by atoms with Crippen LogP contribution in [0.3, 0.4) is 0 Å². The quantitative estimate of drug-likeness (QED) is 0.386. The molecule has 5 nitrogen and oxygen atoms in total. The number of amides is 1. The molecule has 0 aliphatic carbocycles. The molecule has 0 unspecified atom stereocenters. The summed E-state index contributed by atoms with van der Waals surface area (Å²) >= 11 is 0. The van der Waals surface area contributed by atoms with Crippen LogP contribution in [0.25, 0.3) is 11.3 Å². The van der Waals surface area contributed by atoms with Gasteiger partial charge in [-0.3, -0.25) is 4.79 Å². The molecule has 1 N–H and O–H groups in total. The largest absolute Gasteiger partial charge is 0.362 e. The fourth-order valence-corrected chi connectivity index (χ4v) is 4.36. The Bertz CT molecular complexity index is 1210. The predicted octanol–water partition coefficient (Wildman–Crippen LogP) is 5.79. The van der Waals surface area contributed by atoms with Crippen molar-refractivity contribution in [3.63, 3.8) is 0 Å². The van der Waals surface area contributed by atoms with Crippen LogP contribution in [0, 0.1) is 5.82 Å². The van der Waals surface area contributed by atoms with Crippen molar-refractivity contribution in [2.24, 2.45) is 5.10 Å². The van der Waals surface area contributed by atoms with Gasteiger partial charge in [-0.05, 0) is 81.3 Å². The van der Waals surface area contributed by atoms with E-state index in [-0.39, 0.29) is 17.3 Å². The van der Waals surface area contributed by atoms with E-state index in [1.165, 1.54) is 6.21 Å². The van der Waals surface area contributed by atoms with E-state index in [0.29, 0.717) is 11.1 Å². The second kappa shape index (κ2) is 9.06. The molecule has 0 radical (unpaired) electrons. The van der Waals surface area contributed by atoms with Gasteiger partial charge in [0.15, 0.2) is 0 Å². The van der Waals surface area contributed by atoms with Crippen molar-refractivity contribution >= 4 is 23.4 Å². The number of nitrogens with one attached hydrogen (secondary N) is 1. The van der Waals surface area contributed by atoms with Gasteiger partial charge in [-0.25, -0.2) is 9.82 Å². The van der Waals surface area contributed by atoms with E-state index >= 15 is 0 Å². The molecule has 170 valence electrons. The number of hydrazone groups is 1. The van der Waals surface area contributed by atoms with E-state index in [9.17, 15) is 9.18 Å². The molecule has 0 saturated heterocycles. The highest BCUT2D eigenvalue weighted by molar-refractivity contribution is 5.95. The molecule has 1 aromatic heterocycles. The summed E-state index contributed by atoms with van der Waals surface area (Å²) in [5, 5.41) is 4.01. The normalized spacial score (nSPS) is 14.8. The van der Waals surface area contributed by atoms with E-state index in [4.69, 9.17) is 0 Å². The van der Waals surface area contributed by atoms with Crippen molar-refractivity contribution in [2.75, 3.05) is 11.4 Å². The monoisotopic (exact) mass is 444 g/mol. The standard InChI is InChI=1S/C27H29FN4O/c1-5-12-32-25-16-24(28)21(15-23(25)19(2)17-27(32,3)4)18-29-30-26(33)20-8-10-22(11-9-20)31-13-6-7-14-31/h6-11,13-18H,5,12H2,1-4H3,(H,30,33)/b29-18+. The molecule has 4 rings (SSSR count). The number of halogens is 1. The van der Waals surface area contributed by atoms with Gasteiger partial charge in [-0.1, -0.05) is 13.0 Å². The molecule has 0 fully saturated rings. The first-order valence-electron chi connectivity index (χ1n) is 11.2. The number of fused-ring (bicyclic) bond motifs is 1. The minimum atomic E-state index is -0.366. The molecule has 0 saturated carbocycles. The van der Waals surface area contributed by atoms with Gasteiger partial charge in [0.1, 0.15) is 5.82 Å². The van der Waals surface area contributed by atoms with Gasteiger partial charge in [0.05, 0.1) is 11.8 Å². The van der Waals surface area contributed by atoms with Crippen LogP contribution in [0.4, 0.5) is 10.1 Å². The van der Waals surface area contributed by atoms with Crippen LogP contribution in [0.1, 0.15) is 55.6 Å².